The molecule has 0 aliphatic heterocycles. The molecule has 0 unspecified atom stereocenters. The van der Waals surface area contributed by atoms with Gasteiger partial charge in [-0.2, -0.15) is 0 Å². The Kier molecular flexibility index (Phi) is 22.1. The van der Waals surface area contributed by atoms with Gasteiger partial charge in [-0.05, 0) is 5.57 Å². The van der Waals surface area contributed by atoms with Crippen LogP contribution in [0.3, 0.4) is 0 Å². The van der Waals surface area contributed by atoms with Crippen LogP contribution in [0.15, 0.2) is 37.0 Å². The second-order valence-electron chi connectivity index (χ2n) is 1.59. The molecule has 0 aliphatic rings. The monoisotopic (exact) mass is 251 g/mol. The molecule has 0 fully saturated rings. The van der Waals surface area contributed by atoms with Crippen molar-refractivity contribution in [2.24, 2.45) is 0 Å². The first-order valence-electron chi connectivity index (χ1n) is 3.85. The second kappa shape index (κ2) is 15.0. The molecule has 0 saturated carbocycles. The summed E-state index contributed by atoms with van der Waals surface area (Å²) in [7, 11) is 1.45. The van der Waals surface area contributed by atoms with E-state index < -0.39 is 0 Å². The molecule has 0 heterocycles. The number of hydrogen-bond acceptors (Lipinski definition) is 1. The van der Waals surface area contributed by atoms with Crippen molar-refractivity contribution in [2.75, 3.05) is 7.05 Å². The number of nitrogens with zero attached hydrogens (tertiary/aromatic N) is 1. The Morgan fingerprint density at radius 1 is 1.31 bits per heavy atom. The van der Waals surface area contributed by atoms with Crippen LogP contribution in [0, 0.1) is 0 Å². The molecule has 0 rings (SSSR count). The summed E-state index contributed by atoms with van der Waals surface area (Å²) in [6.07, 6.45) is 4.56. The van der Waals surface area contributed by atoms with E-state index in [1.54, 1.807) is 6.08 Å². The van der Waals surface area contributed by atoms with Gasteiger partial charge in [-0.15, -0.1) is 7.05 Å². The number of carbonyl (C=O) groups excluding carboxylic acids is 1. The summed E-state index contributed by atoms with van der Waals surface area (Å²) in [5.41, 5.74) is 0.470. The Bertz CT molecular complexity index is 185. The molecule has 68 valence electrons. The maximum atomic E-state index is 10.8. The normalized spacial score (nSPS) is 8.38. The summed E-state index contributed by atoms with van der Waals surface area (Å²) in [6.45, 7) is 10.9. The Labute approximate surface area is 130 Å². The molecule has 1 amide bonds. The maximum absolute atomic E-state index is 10.8. The molecule has 0 bridgehead atoms. The van der Waals surface area contributed by atoms with Gasteiger partial charge in [-0.3, -0.25) is 0 Å². The quantitative estimate of drug-likeness (QED) is 0.507. The van der Waals surface area contributed by atoms with Crippen molar-refractivity contribution in [3.8, 4) is 0 Å². The first kappa shape index (κ1) is 19.1. The predicted octanol–water partition coefficient (Wildman–Crippen LogP) is -0.155. The smallest absolute Gasteiger partial charge is 0.652 e. The van der Waals surface area contributed by atoms with Crippen LogP contribution in [0.25, 0.3) is 5.32 Å². The molecule has 0 saturated heterocycles. The number of carbonyl (C=O) groups is 1. The van der Waals surface area contributed by atoms with Gasteiger partial charge in [-0.1, -0.05) is 45.2 Å². The summed E-state index contributed by atoms with van der Waals surface area (Å²) in [4.78, 5) is 10.8. The Morgan fingerprint density at radius 2 is 1.77 bits per heavy atom. The number of amides is 1. The van der Waals surface area contributed by atoms with Crippen molar-refractivity contribution in [1.29, 1.82) is 0 Å². The average Bonchev–Trinajstić information content (AvgIpc) is 2.16. The molecule has 2 nitrogen and oxygen atoms in total. The van der Waals surface area contributed by atoms with E-state index >= 15 is 0 Å². The number of rotatable bonds is 3. The zero-order valence-corrected chi connectivity index (χ0v) is 13.9. The third-order valence-corrected chi connectivity index (χ3v) is 0.967. The van der Waals surface area contributed by atoms with E-state index in [1.165, 1.54) is 19.2 Å². The molecule has 0 spiro atoms. The zero-order chi connectivity index (χ0) is 9.98. The maximum Gasteiger partial charge on any atom is 1.00 e. The van der Waals surface area contributed by atoms with Gasteiger partial charge in [0.1, 0.15) is 0 Å². The third-order valence-electron chi connectivity index (χ3n) is 0.967. The average molecular weight is 252 g/mol. The van der Waals surface area contributed by atoms with Gasteiger partial charge >= 0.3 is 58.2 Å². The second-order valence-corrected chi connectivity index (χ2v) is 1.59. The fourth-order valence-electron chi connectivity index (χ4n) is 0.483. The van der Waals surface area contributed by atoms with E-state index in [-0.39, 0.29) is 64.1 Å². The molecule has 0 aromatic carbocycles. The number of likely N-dealkylation sites (N-methyl/N-ethyl adjacent to an activating group) is 1. The summed E-state index contributed by atoms with van der Waals surface area (Å²) in [5, 5.41) is 3.45. The largest absolute Gasteiger partial charge is 1.00 e. The summed E-state index contributed by atoms with van der Waals surface area (Å²) in [6, 6.07) is 0. The van der Waals surface area contributed by atoms with Gasteiger partial charge in [-0.25, -0.2) is 0 Å². The first-order valence-corrected chi connectivity index (χ1v) is 3.85. The molecule has 13 heavy (non-hydrogen) atoms. The van der Waals surface area contributed by atoms with Gasteiger partial charge in [0.05, 0.1) is 5.91 Å². The number of allylic oxidation sites excluding steroid dienone is 2. The van der Waals surface area contributed by atoms with Crippen LogP contribution in [-0.2, 0) is 4.79 Å². The van der Waals surface area contributed by atoms with E-state index in [4.69, 9.17) is 0 Å². The van der Waals surface area contributed by atoms with Crippen molar-refractivity contribution >= 4 is 5.91 Å². The van der Waals surface area contributed by atoms with E-state index in [0.29, 0.717) is 5.57 Å². The van der Waals surface area contributed by atoms with Crippen LogP contribution in [0.5, 0.6) is 0 Å². The molecule has 0 atom stereocenters. The van der Waals surface area contributed by atoms with Crippen LogP contribution >= 0.6 is 0 Å². The van der Waals surface area contributed by atoms with Crippen LogP contribution in [0.2, 0.25) is 0 Å². The van der Waals surface area contributed by atoms with E-state index in [2.05, 4.69) is 18.5 Å². The van der Waals surface area contributed by atoms with Gasteiger partial charge in [0.15, 0.2) is 0 Å². The fourth-order valence-corrected chi connectivity index (χ4v) is 0.483. The van der Waals surface area contributed by atoms with E-state index in [0.717, 1.165) is 0 Å². The van der Waals surface area contributed by atoms with Gasteiger partial charge in [0.25, 0.3) is 0 Å². The standard InChI is InChI=1S/C8H11NO.C2H6.Rb/c1-4-6-7(5-2)8(10)9-3;1-2;/h4-6H,1-2H2,3H3,(H,9,10);1-2H3;/q;;+1/p-1/b7-6+;;. The topological polar surface area (TPSA) is 31.2 Å². The van der Waals surface area contributed by atoms with Crippen molar-refractivity contribution in [2.45, 2.75) is 13.8 Å². The van der Waals surface area contributed by atoms with Gasteiger partial charge in [0.2, 0.25) is 0 Å². The van der Waals surface area contributed by atoms with Crippen molar-refractivity contribution in [3.05, 3.63) is 42.3 Å². The fraction of sp³-hybridized carbons (Fsp3) is 0.300. The third kappa shape index (κ3) is 10.4. The summed E-state index contributed by atoms with van der Waals surface area (Å²) in [5.74, 6) is -0.269. The SMILES string of the molecule is C=C/C=C(\C=C)C(=O)[N-]C.CC.[Rb+]. The predicted molar refractivity (Wildman–Crippen MR) is 54.1 cm³/mol. The molecule has 3 heteroatoms. The molecule has 0 aromatic rings. The molecule has 0 N–H and O–H groups in total. The summed E-state index contributed by atoms with van der Waals surface area (Å²) < 4.78 is 0. The van der Waals surface area contributed by atoms with E-state index in [1.807, 2.05) is 13.8 Å². The molecular formula is C10H16NORb. The van der Waals surface area contributed by atoms with Crippen molar-refractivity contribution < 1.29 is 63.0 Å². The minimum atomic E-state index is -0.269. The Balaban J connectivity index is -0.000000309. The molecule has 0 radical (unpaired) electrons. The van der Waals surface area contributed by atoms with Crippen molar-refractivity contribution in [1.82, 2.24) is 0 Å². The Morgan fingerprint density at radius 3 is 2.00 bits per heavy atom. The van der Waals surface area contributed by atoms with Crippen LogP contribution in [-0.4, -0.2) is 13.0 Å². The van der Waals surface area contributed by atoms with Crippen LogP contribution in [0.4, 0.5) is 0 Å². The summed E-state index contributed by atoms with van der Waals surface area (Å²) >= 11 is 0. The molecular weight excluding hydrogens is 236 g/mol. The number of hydrogen-bond donors (Lipinski definition) is 0. The van der Waals surface area contributed by atoms with Gasteiger partial charge in [0, 0.05) is 0 Å². The zero-order valence-electron chi connectivity index (χ0n) is 9.00. The van der Waals surface area contributed by atoms with E-state index in [9.17, 15) is 4.79 Å². The molecule has 0 aliphatic carbocycles. The Hall–Kier alpha value is 0.495. The minimum Gasteiger partial charge on any atom is -0.652 e. The van der Waals surface area contributed by atoms with Crippen LogP contribution in [0.1, 0.15) is 13.8 Å². The first-order chi connectivity index (χ1) is 5.76. The van der Waals surface area contributed by atoms with Gasteiger partial charge < -0.3 is 10.1 Å². The minimum absolute atomic E-state index is 0. The molecule has 0 aromatic heterocycles. The van der Waals surface area contributed by atoms with Crippen molar-refractivity contribution in [3.63, 3.8) is 0 Å². The van der Waals surface area contributed by atoms with Crippen LogP contribution < -0.4 is 58.2 Å².